The van der Waals surface area contributed by atoms with E-state index in [2.05, 4.69) is 10.3 Å². The Kier molecular flexibility index (Phi) is 1.98. The Morgan fingerprint density at radius 2 is 2.15 bits per heavy atom. The average molecular weight is 177 g/mol. The lowest BCUT2D eigenvalue weighted by molar-refractivity contribution is -0.168. The highest BCUT2D eigenvalue weighted by Crippen LogP contribution is 2.33. The summed E-state index contributed by atoms with van der Waals surface area (Å²) in [7, 11) is 1.59. The van der Waals surface area contributed by atoms with Crippen molar-refractivity contribution in [2.24, 2.45) is 10.3 Å². The van der Waals surface area contributed by atoms with Crippen LogP contribution < -0.4 is 0 Å². The first kappa shape index (κ1) is 8.19. The number of hydrogen-bond acceptors (Lipinski definition) is 4. The van der Waals surface area contributed by atoms with Gasteiger partial charge in [0.25, 0.3) is 0 Å². The van der Waals surface area contributed by atoms with Crippen molar-refractivity contribution in [3.05, 3.63) is 29.8 Å². The van der Waals surface area contributed by atoms with Gasteiger partial charge in [-0.3, -0.25) is 4.84 Å². The molecule has 1 unspecified atom stereocenters. The fraction of sp³-hybridized carbons (Fsp3) is 0.333. The summed E-state index contributed by atoms with van der Waals surface area (Å²) in [5, 5.41) is 9.42. The molecule has 2 rings (SSSR count). The Morgan fingerprint density at radius 3 is 2.92 bits per heavy atom. The van der Waals surface area contributed by atoms with E-state index in [0.29, 0.717) is 0 Å². The molecule has 1 aromatic carbocycles. The zero-order chi connectivity index (χ0) is 9.26. The molecule has 0 saturated carbocycles. The molecule has 1 aromatic rings. The third-order valence-corrected chi connectivity index (χ3v) is 2.15. The van der Waals surface area contributed by atoms with Crippen LogP contribution in [-0.4, -0.2) is 12.3 Å². The van der Waals surface area contributed by atoms with Gasteiger partial charge < -0.3 is 0 Å². The van der Waals surface area contributed by atoms with E-state index in [9.17, 15) is 0 Å². The van der Waals surface area contributed by atoms with Crippen molar-refractivity contribution in [1.82, 2.24) is 5.17 Å². The molecule has 0 aliphatic carbocycles. The van der Waals surface area contributed by atoms with Gasteiger partial charge in [-0.15, -0.1) is 10.3 Å². The molecule has 0 aromatic heterocycles. The van der Waals surface area contributed by atoms with E-state index in [-0.39, 0.29) is 6.04 Å². The summed E-state index contributed by atoms with van der Waals surface area (Å²) in [4.78, 5) is 5.03. The van der Waals surface area contributed by atoms with Gasteiger partial charge >= 0.3 is 0 Å². The lowest BCUT2D eigenvalue weighted by Crippen LogP contribution is -2.21. The van der Waals surface area contributed by atoms with Gasteiger partial charge in [0, 0.05) is 5.56 Å². The lowest BCUT2D eigenvalue weighted by atomic mass is 10.1. The van der Waals surface area contributed by atoms with Gasteiger partial charge in [0.05, 0.1) is 12.8 Å². The van der Waals surface area contributed by atoms with E-state index in [0.717, 1.165) is 11.3 Å². The maximum atomic E-state index is 5.03. The summed E-state index contributed by atoms with van der Waals surface area (Å²) < 4.78 is 0. The van der Waals surface area contributed by atoms with E-state index in [1.165, 1.54) is 5.17 Å². The minimum Gasteiger partial charge on any atom is -0.258 e. The van der Waals surface area contributed by atoms with Crippen molar-refractivity contribution in [3.63, 3.8) is 0 Å². The van der Waals surface area contributed by atoms with E-state index >= 15 is 0 Å². The first-order chi connectivity index (χ1) is 6.33. The smallest absolute Gasteiger partial charge is 0.102 e. The molecule has 4 nitrogen and oxygen atoms in total. The molecule has 0 fully saturated rings. The third-order valence-electron chi connectivity index (χ3n) is 2.15. The summed E-state index contributed by atoms with van der Waals surface area (Å²) in [6.45, 7) is 2.03. The summed E-state index contributed by atoms with van der Waals surface area (Å²) in [6, 6.07) is 8.04. The molecule has 1 aliphatic heterocycles. The second-order valence-electron chi connectivity index (χ2n) is 2.91. The van der Waals surface area contributed by atoms with Crippen LogP contribution in [0, 0.1) is 0 Å². The van der Waals surface area contributed by atoms with Crippen LogP contribution >= 0.6 is 0 Å². The van der Waals surface area contributed by atoms with Crippen LogP contribution in [0.5, 0.6) is 0 Å². The normalized spacial score (nSPS) is 20.2. The maximum Gasteiger partial charge on any atom is 0.102 e. The summed E-state index contributed by atoms with van der Waals surface area (Å²) in [5.74, 6) is 0. The summed E-state index contributed by atoms with van der Waals surface area (Å²) >= 11 is 0. The predicted octanol–water partition coefficient (Wildman–Crippen LogP) is 2.62. The highest BCUT2D eigenvalue weighted by molar-refractivity contribution is 5.47. The molecule has 0 N–H and O–H groups in total. The number of nitrogens with zero attached hydrogens (tertiary/aromatic N) is 3. The number of fused-ring (bicyclic) bond motifs is 1. The quantitative estimate of drug-likeness (QED) is 0.661. The monoisotopic (exact) mass is 177 g/mol. The largest absolute Gasteiger partial charge is 0.258 e. The number of rotatable bonds is 1. The SMILES string of the molecule is CON1N=Nc2ccccc2C1C. The lowest BCUT2D eigenvalue weighted by Gasteiger charge is -2.26. The number of hydroxylamine groups is 1. The van der Waals surface area contributed by atoms with E-state index in [1.54, 1.807) is 7.11 Å². The molecule has 4 heteroatoms. The van der Waals surface area contributed by atoms with Gasteiger partial charge in [-0.1, -0.05) is 18.2 Å². The van der Waals surface area contributed by atoms with Gasteiger partial charge in [0.15, 0.2) is 0 Å². The highest BCUT2D eigenvalue weighted by atomic mass is 16.7. The van der Waals surface area contributed by atoms with Crippen LogP contribution in [0.2, 0.25) is 0 Å². The van der Waals surface area contributed by atoms with Crippen LogP contribution in [0.1, 0.15) is 18.5 Å². The van der Waals surface area contributed by atoms with Gasteiger partial charge in [-0.25, -0.2) is 0 Å². The van der Waals surface area contributed by atoms with Gasteiger partial charge in [0.2, 0.25) is 0 Å². The molecular formula is C9H11N3O. The van der Waals surface area contributed by atoms with Crippen LogP contribution in [0.15, 0.2) is 34.6 Å². The highest BCUT2D eigenvalue weighted by Gasteiger charge is 2.21. The third kappa shape index (κ3) is 1.29. The van der Waals surface area contributed by atoms with Crippen LogP contribution in [0.25, 0.3) is 0 Å². The Balaban J connectivity index is 2.42. The first-order valence-electron chi connectivity index (χ1n) is 4.17. The van der Waals surface area contributed by atoms with Crippen LogP contribution in [-0.2, 0) is 4.84 Å². The average Bonchev–Trinajstić information content (AvgIpc) is 2.19. The first-order valence-corrected chi connectivity index (χ1v) is 4.17. The zero-order valence-corrected chi connectivity index (χ0v) is 7.64. The van der Waals surface area contributed by atoms with Gasteiger partial charge in [0.1, 0.15) is 6.04 Å². The number of benzene rings is 1. The molecule has 1 aliphatic rings. The molecule has 1 atom stereocenters. The fourth-order valence-corrected chi connectivity index (χ4v) is 1.42. The van der Waals surface area contributed by atoms with E-state index < -0.39 is 0 Å². The molecule has 0 spiro atoms. The molecule has 0 saturated heterocycles. The molecule has 1 heterocycles. The minimum absolute atomic E-state index is 0.124. The fourth-order valence-electron chi connectivity index (χ4n) is 1.42. The zero-order valence-electron chi connectivity index (χ0n) is 7.64. The summed E-state index contributed by atoms with van der Waals surface area (Å²) in [6.07, 6.45) is 0. The van der Waals surface area contributed by atoms with Crippen molar-refractivity contribution in [3.8, 4) is 0 Å². The number of hydrogen-bond donors (Lipinski definition) is 0. The standard InChI is InChI=1S/C9H11N3O/c1-7-8-5-3-4-6-9(8)10-11-12(7)13-2/h3-7H,1-2H3. The second-order valence-corrected chi connectivity index (χ2v) is 2.91. The van der Waals surface area contributed by atoms with Crippen LogP contribution in [0.3, 0.4) is 0 Å². The van der Waals surface area contributed by atoms with Gasteiger partial charge in [-0.05, 0) is 18.2 Å². The molecular weight excluding hydrogens is 166 g/mol. The molecule has 0 bridgehead atoms. The van der Waals surface area contributed by atoms with Crippen molar-refractivity contribution in [1.29, 1.82) is 0 Å². The minimum atomic E-state index is 0.124. The predicted molar refractivity (Wildman–Crippen MR) is 48.2 cm³/mol. The Morgan fingerprint density at radius 1 is 1.38 bits per heavy atom. The van der Waals surface area contributed by atoms with E-state index in [1.807, 2.05) is 31.2 Å². The molecule has 13 heavy (non-hydrogen) atoms. The molecule has 0 radical (unpaired) electrons. The van der Waals surface area contributed by atoms with Crippen molar-refractivity contribution >= 4 is 5.69 Å². The van der Waals surface area contributed by atoms with Crippen molar-refractivity contribution in [2.75, 3.05) is 7.11 Å². The Bertz CT molecular complexity index is 337. The summed E-state index contributed by atoms with van der Waals surface area (Å²) in [5.41, 5.74) is 2.06. The van der Waals surface area contributed by atoms with Gasteiger partial charge in [-0.2, -0.15) is 0 Å². The molecule has 0 amide bonds. The second kappa shape index (κ2) is 3.14. The Labute approximate surface area is 76.8 Å². The van der Waals surface area contributed by atoms with Crippen molar-refractivity contribution in [2.45, 2.75) is 13.0 Å². The van der Waals surface area contributed by atoms with Crippen molar-refractivity contribution < 1.29 is 4.84 Å². The van der Waals surface area contributed by atoms with Crippen LogP contribution in [0.4, 0.5) is 5.69 Å². The Hall–Kier alpha value is -1.42. The topological polar surface area (TPSA) is 37.2 Å². The maximum absolute atomic E-state index is 5.03. The molecule has 68 valence electrons. The van der Waals surface area contributed by atoms with E-state index in [4.69, 9.17) is 4.84 Å².